The molecule has 3 nitrogen and oxygen atoms in total. The van der Waals surface area contributed by atoms with Crippen molar-refractivity contribution in [2.45, 2.75) is 13.3 Å². The highest BCUT2D eigenvalue weighted by Gasteiger charge is 2.14. The number of nitrogens with one attached hydrogen (secondary N) is 1. The summed E-state index contributed by atoms with van der Waals surface area (Å²) >= 11 is 1.69. The molecule has 1 aromatic carbocycles. The summed E-state index contributed by atoms with van der Waals surface area (Å²) in [6.07, 6.45) is 4.35. The average Bonchev–Trinajstić information content (AvgIpc) is 3.00. The Hall–Kier alpha value is -2.20. The van der Waals surface area contributed by atoms with Crippen LogP contribution in [0, 0.1) is 5.92 Å². The molecule has 2 aromatic heterocycles. The van der Waals surface area contributed by atoms with Crippen LogP contribution in [0.1, 0.15) is 11.8 Å². The van der Waals surface area contributed by atoms with Gasteiger partial charge in [0.25, 0.3) is 0 Å². The molecule has 0 saturated heterocycles. The highest BCUT2D eigenvalue weighted by atomic mass is 32.1. The Morgan fingerprint density at radius 3 is 3.00 bits per heavy atom. The van der Waals surface area contributed by atoms with E-state index in [4.69, 9.17) is 0 Å². The molecular formula is C17H16N2OS. The zero-order chi connectivity index (χ0) is 14.7. The van der Waals surface area contributed by atoms with Crippen LogP contribution in [0.5, 0.6) is 0 Å². The molecule has 2 heterocycles. The highest BCUT2D eigenvalue weighted by Crippen LogP contribution is 2.20. The summed E-state index contributed by atoms with van der Waals surface area (Å²) in [6, 6.07) is 11.9. The molecule has 1 atom stereocenters. The number of benzene rings is 1. The fourth-order valence-electron chi connectivity index (χ4n) is 2.25. The first-order valence-corrected chi connectivity index (χ1v) is 7.77. The molecule has 0 aliphatic heterocycles. The second-order valence-corrected chi connectivity index (χ2v) is 6.14. The number of hydrogen-bond acceptors (Lipinski definition) is 3. The predicted molar refractivity (Wildman–Crippen MR) is 87.6 cm³/mol. The van der Waals surface area contributed by atoms with Crippen LogP contribution in [-0.2, 0) is 11.2 Å². The van der Waals surface area contributed by atoms with E-state index in [1.165, 1.54) is 4.88 Å². The third-order valence-electron chi connectivity index (χ3n) is 3.44. The number of carbonyl (C=O) groups excluding carboxylic acids is 1. The molecule has 0 aliphatic rings. The molecule has 21 heavy (non-hydrogen) atoms. The van der Waals surface area contributed by atoms with Crippen LogP contribution in [0.3, 0.4) is 0 Å². The van der Waals surface area contributed by atoms with Crippen molar-refractivity contribution < 1.29 is 4.79 Å². The van der Waals surface area contributed by atoms with Crippen LogP contribution in [0.15, 0.2) is 54.2 Å². The molecule has 0 aliphatic carbocycles. The van der Waals surface area contributed by atoms with Crippen LogP contribution in [0.2, 0.25) is 0 Å². The number of nitrogens with zero attached hydrogens (tertiary/aromatic N) is 1. The number of aromatic nitrogens is 1. The number of carbonyl (C=O) groups is 1. The smallest absolute Gasteiger partial charge is 0.227 e. The number of rotatable bonds is 4. The Bertz CT molecular complexity index is 752. The lowest BCUT2D eigenvalue weighted by Crippen LogP contribution is -2.21. The van der Waals surface area contributed by atoms with Crippen LogP contribution < -0.4 is 5.32 Å². The number of amides is 1. The molecular weight excluding hydrogens is 280 g/mol. The summed E-state index contributed by atoms with van der Waals surface area (Å²) < 4.78 is 0. The lowest BCUT2D eigenvalue weighted by molar-refractivity contribution is -0.119. The molecule has 1 N–H and O–H groups in total. The van der Waals surface area contributed by atoms with Crippen molar-refractivity contribution in [1.82, 2.24) is 4.98 Å². The van der Waals surface area contributed by atoms with Crippen LogP contribution in [0.4, 0.5) is 5.69 Å². The lowest BCUT2D eigenvalue weighted by atomic mass is 10.1. The van der Waals surface area contributed by atoms with Gasteiger partial charge in [-0.15, -0.1) is 11.3 Å². The van der Waals surface area contributed by atoms with Gasteiger partial charge in [-0.2, -0.15) is 0 Å². The summed E-state index contributed by atoms with van der Waals surface area (Å²) in [5.74, 6) is -0.000106. The van der Waals surface area contributed by atoms with Gasteiger partial charge in [0.1, 0.15) is 0 Å². The van der Waals surface area contributed by atoms with Gasteiger partial charge in [-0.1, -0.05) is 19.1 Å². The van der Waals surface area contributed by atoms with Crippen molar-refractivity contribution in [2.24, 2.45) is 5.92 Å². The van der Waals surface area contributed by atoms with E-state index >= 15 is 0 Å². The molecule has 0 spiro atoms. The Morgan fingerprint density at radius 1 is 1.29 bits per heavy atom. The zero-order valence-electron chi connectivity index (χ0n) is 11.7. The van der Waals surface area contributed by atoms with Gasteiger partial charge < -0.3 is 5.32 Å². The van der Waals surface area contributed by atoms with E-state index in [0.717, 1.165) is 22.9 Å². The fourth-order valence-corrected chi connectivity index (χ4v) is 3.09. The van der Waals surface area contributed by atoms with Gasteiger partial charge in [-0.3, -0.25) is 9.78 Å². The number of thiophene rings is 1. The van der Waals surface area contributed by atoms with E-state index < -0.39 is 0 Å². The van der Waals surface area contributed by atoms with Crippen molar-refractivity contribution in [3.63, 3.8) is 0 Å². The molecule has 106 valence electrons. The number of pyridine rings is 1. The fraction of sp³-hybridized carbons (Fsp3) is 0.176. The predicted octanol–water partition coefficient (Wildman–Crippen LogP) is 4.11. The van der Waals surface area contributed by atoms with Crippen molar-refractivity contribution >= 4 is 33.7 Å². The van der Waals surface area contributed by atoms with E-state index in [9.17, 15) is 4.79 Å². The maximum atomic E-state index is 12.3. The van der Waals surface area contributed by atoms with Gasteiger partial charge in [0, 0.05) is 34.3 Å². The summed E-state index contributed by atoms with van der Waals surface area (Å²) in [4.78, 5) is 17.6. The van der Waals surface area contributed by atoms with E-state index in [-0.39, 0.29) is 11.8 Å². The van der Waals surface area contributed by atoms with E-state index in [2.05, 4.69) is 16.4 Å². The van der Waals surface area contributed by atoms with Gasteiger partial charge >= 0.3 is 0 Å². The minimum Gasteiger partial charge on any atom is -0.326 e. The maximum absolute atomic E-state index is 12.3. The monoisotopic (exact) mass is 296 g/mol. The Kier molecular flexibility index (Phi) is 3.97. The van der Waals surface area contributed by atoms with Crippen molar-refractivity contribution in [3.8, 4) is 0 Å². The van der Waals surface area contributed by atoms with Crippen LogP contribution in [0.25, 0.3) is 10.8 Å². The Labute approximate surface area is 127 Å². The van der Waals surface area contributed by atoms with Crippen LogP contribution in [-0.4, -0.2) is 10.9 Å². The molecule has 0 unspecified atom stereocenters. The standard InChI is InChI=1S/C17H16N2OS/c1-12(9-16-3-2-8-21-16)17(20)19-15-5-4-13-6-7-18-11-14(13)10-15/h2-8,10-12H,9H2,1H3,(H,19,20)/t12-/m0/s1. The third kappa shape index (κ3) is 3.28. The summed E-state index contributed by atoms with van der Waals surface area (Å²) in [6.45, 7) is 1.96. The molecule has 3 rings (SSSR count). The summed E-state index contributed by atoms with van der Waals surface area (Å²) in [7, 11) is 0. The molecule has 4 heteroatoms. The minimum absolute atomic E-state index is 0.0478. The number of anilines is 1. The number of hydrogen-bond donors (Lipinski definition) is 1. The topological polar surface area (TPSA) is 42.0 Å². The first-order chi connectivity index (χ1) is 10.2. The zero-order valence-corrected chi connectivity index (χ0v) is 12.6. The third-order valence-corrected chi connectivity index (χ3v) is 4.34. The van der Waals surface area contributed by atoms with Crippen molar-refractivity contribution in [3.05, 3.63) is 59.0 Å². The molecule has 1 amide bonds. The maximum Gasteiger partial charge on any atom is 0.227 e. The van der Waals surface area contributed by atoms with Gasteiger partial charge in [0.05, 0.1) is 0 Å². The quantitative estimate of drug-likeness (QED) is 0.787. The average molecular weight is 296 g/mol. The van der Waals surface area contributed by atoms with Crippen LogP contribution >= 0.6 is 11.3 Å². The SMILES string of the molecule is C[C@@H](Cc1cccs1)C(=O)Nc1ccc2ccncc2c1. The van der Waals surface area contributed by atoms with Gasteiger partial charge in [-0.05, 0) is 41.5 Å². The summed E-state index contributed by atoms with van der Waals surface area (Å²) in [5, 5.41) is 7.17. The second kappa shape index (κ2) is 6.06. The van der Waals surface area contributed by atoms with Gasteiger partial charge in [0.15, 0.2) is 0 Å². The summed E-state index contributed by atoms with van der Waals surface area (Å²) in [5.41, 5.74) is 0.818. The van der Waals surface area contributed by atoms with E-state index in [0.29, 0.717) is 0 Å². The minimum atomic E-state index is -0.0479. The van der Waals surface area contributed by atoms with Gasteiger partial charge in [0.2, 0.25) is 5.91 Å². The first kappa shape index (κ1) is 13.8. The molecule has 0 radical (unpaired) electrons. The highest BCUT2D eigenvalue weighted by molar-refractivity contribution is 7.09. The van der Waals surface area contributed by atoms with E-state index in [1.54, 1.807) is 23.7 Å². The molecule has 3 aromatic rings. The normalized spacial score (nSPS) is 12.2. The largest absolute Gasteiger partial charge is 0.326 e. The van der Waals surface area contributed by atoms with Crippen molar-refractivity contribution in [1.29, 1.82) is 0 Å². The number of fused-ring (bicyclic) bond motifs is 1. The molecule has 0 fully saturated rings. The van der Waals surface area contributed by atoms with E-state index in [1.807, 2.05) is 42.6 Å². The second-order valence-electron chi connectivity index (χ2n) is 5.11. The lowest BCUT2D eigenvalue weighted by Gasteiger charge is -2.11. The van der Waals surface area contributed by atoms with Crippen molar-refractivity contribution in [2.75, 3.05) is 5.32 Å². The first-order valence-electron chi connectivity index (χ1n) is 6.89. The van der Waals surface area contributed by atoms with Gasteiger partial charge in [-0.25, -0.2) is 0 Å². The molecule has 0 bridgehead atoms. The Morgan fingerprint density at radius 2 is 2.19 bits per heavy atom. The Balaban J connectivity index is 1.70. The molecule has 0 saturated carbocycles.